The van der Waals surface area contributed by atoms with Gasteiger partial charge < -0.3 is 4.74 Å². The molecule has 0 radical (unpaired) electrons. The third kappa shape index (κ3) is 3.12. The summed E-state index contributed by atoms with van der Waals surface area (Å²) < 4.78 is 5.10. The lowest BCUT2D eigenvalue weighted by Gasteiger charge is -2.11. The van der Waals surface area contributed by atoms with Crippen molar-refractivity contribution in [3.05, 3.63) is 42.5 Å². The Balaban J connectivity index is 2.82. The maximum atomic E-state index is 8.98. The second-order valence-electron chi connectivity index (χ2n) is 3.04. The largest absolute Gasteiger partial charge is 0.497 e. The van der Waals surface area contributed by atoms with E-state index in [-0.39, 0.29) is 6.04 Å². The van der Waals surface area contributed by atoms with Crippen LogP contribution in [0.4, 0.5) is 0 Å². The summed E-state index contributed by atoms with van der Waals surface area (Å²) in [7, 11) is 1.61. The van der Waals surface area contributed by atoms with E-state index in [1.165, 1.54) is 0 Å². The summed E-state index contributed by atoms with van der Waals surface area (Å²) in [5.41, 5.74) is 0.902. The molecular formula is C12H14N2O. The maximum Gasteiger partial charge on any atom is 0.121 e. The summed E-state index contributed by atoms with van der Waals surface area (Å²) in [6, 6.07) is 9.34. The van der Waals surface area contributed by atoms with Gasteiger partial charge in [0.15, 0.2) is 0 Å². The molecule has 1 N–H and O–H groups in total. The van der Waals surface area contributed by atoms with Crippen LogP contribution in [0.25, 0.3) is 0 Å². The second kappa shape index (κ2) is 5.84. The first-order valence-electron chi connectivity index (χ1n) is 4.69. The van der Waals surface area contributed by atoms with Crippen LogP contribution in [0, 0.1) is 11.3 Å². The minimum Gasteiger partial charge on any atom is -0.497 e. The van der Waals surface area contributed by atoms with Crippen molar-refractivity contribution in [1.82, 2.24) is 5.32 Å². The highest BCUT2D eigenvalue weighted by atomic mass is 16.5. The molecule has 15 heavy (non-hydrogen) atoms. The molecule has 0 bridgehead atoms. The topological polar surface area (TPSA) is 45.0 Å². The molecular weight excluding hydrogens is 188 g/mol. The SMILES string of the molecule is C=CCNC(C#N)c1cccc(OC)c1. The smallest absolute Gasteiger partial charge is 0.121 e. The maximum absolute atomic E-state index is 8.98. The van der Waals surface area contributed by atoms with E-state index in [9.17, 15) is 0 Å². The summed E-state index contributed by atoms with van der Waals surface area (Å²) in [5.74, 6) is 0.758. The number of hydrogen-bond acceptors (Lipinski definition) is 3. The standard InChI is InChI=1S/C12H14N2O/c1-3-7-14-12(9-13)10-5-4-6-11(8-10)15-2/h3-6,8,12,14H,1,7H2,2H3. The molecule has 3 heteroatoms. The van der Waals surface area contributed by atoms with Gasteiger partial charge in [-0.1, -0.05) is 18.2 Å². The zero-order chi connectivity index (χ0) is 11.1. The van der Waals surface area contributed by atoms with Crippen molar-refractivity contribution in [3.8, 4) is 11.8 Å². The van der Waals surface area contributed by atoms with Crippen LogP contribution in [-0.4, -0.2) is 13.7 Å². The Hall–Kier alpha value is -1.79. The number of nitriles is 1. The van der Waals surface area contributed by atoms with Gasteiger partial charge >= 0.3 is 0 Å². The zero-order valence-corrected chi connectivity index (χ0v) is 8.73. The van der Waals surface area contributed by atoms with Crippen molar-refractivity contribution in [2.24, 2.45) is 0 Å². The van der Waals surface area contributed by atoms with Crippen molar-refractivity contribution in [1.29, 1.82) is 5.26 Å². The monoisotopic (exact) mass is 202 g/mol. The summed E-state index contributed by atoms with van der Waals surface area (Å²) in [4.78, 5) is 0. The first-order chi connectivity index (χ1) is 7.31. The summed E-state index contributed by atoms with van der Waals surface area (Å²) in [5, 5.41) is 12.0. The number of rotatable bonds is 5. The van der Waals surface area contributed by atoms with Gasteiger partial charge in [-0.3, -0.25) is 5.32 Å². The average Bonchev–Trinajstić information content (AvgIpc) is 2.30. The number of hydrogen-bond donors (Lipinski definition) is 1. The molecule has 78 valence electrons. The van der Waals surface area contributed by atoms with Gasteiger partial charge in [-0.05, 0) is 17.7 Å². The highest BCUT2D eigenvalue weighted by molar-refractivity contribution is 5.33. The van der Waals surface area contributed by atoms with Crippen LogP contribution in [0.15, 0.2) is 36.9 Å². The fraction of sp³-hybridized carbons (Fsp3) is 0.250. The first kappa shape index (κ1) is 11.3. The van der Waals surface area contributed by atoms with Gasteiger partial charge in [0.1, 0.15) is 11.8 Å². The number of methoxy groups -OCH3 is 1. The number of benzene rings is 1. The molecule has 0 aromatic heterocycles. The van der Waals surface area contributed by atoms with Gasteiger partial charge in [0.2, 0.25) is 0 Å². The molecule has 0 saturated carbocycles. The van der Waals surface area contributed by atoms with Crippen molar-refractivity contribution in [2.75, 3.05) is 13.7 Å². The van der Waals surface area contributed by atoms with Gasteiger partial charge in [0, 0.05) is 6.54 Å². The van der Waals surface area contributed by atoms with Crippen molar-refractivity contribution < 1.29 is 4.74 Å². The minimum atomic E-state index is -0.321. The molecule has 1 aromatic rings. The third-order valence-electron chi connectivity index (χ3n) is 2.02. The minimum absolute atomic E-state index is 0.321. The first-order valence-corrected chi connectivity index (χ1v) is 4.69. The van der Waals surface area contributed by atoms with Gasteiger partial charge in [-0.2, -0.15) is 5.26 Å². The number of nitrogens with one attached hydrogen (secondary N) is 1. The van der Waals surface area contributed by atoms with Gasteiger partial charge in [0.25, 0.3) is 0 Å². The molecule has 0 fully saturated rings. The Bertz CT molecular complexity index is 368. The van der Waals surface area contributed by atoms with Crippen LogP contribution in [0.2, 0.25) is 0 Å². The van der Waals surface area contributed by atoms with Crippen molar-refractivity contribution >= 4 is 0 Å². The zero-order valence-electron chi connectivity index (χ0n) is 8.73. The summed E-state index contributed by atoms with van der Waals surface area (Å²) in [6.45, 7) is 4.20. The van der Waals surface area contributed by atoms with E-state index < -0.39 is 0 Å². The Kier molecular flexibility index (Phi) is 4.39. The molecule has 3 nitrogen and oxygen atoms in total. The molecule has 0 aliphatic heterocycles. The van der Waals surface area contributed by atoms with E-state index in [1.807, 2.05) is 24.3 Å². The molecule has 0 aliphatic rings. The summed E-state index contributed by atoms with van der Waals surface area (Å²) in [6.07, 6.45) is 1.73. The van der Waals surface area contributed by atoms with Crippen molar-refractivity contribution in [3.63, 3.8) is 0 Å². The lowest BCUT2D eigenvalue weighted by molar-refractivity contribution is 0.414. The summed E-state index contributed by atoms with van der Waals surface area (Å²) >= 11 is 0. The quantitative estimate of drug-likeness (QED) is 0.743. The number of ether oxygens (including phenoxy) is 1. The Morgan fingerprint density at radius 3 is 3.07 bits per heavy atom. The normalized spacial score (nSPS) is 11.5. The van der Waals surface area contributed by atoms with E-state index in [4.69, 9.17) is 10.00 Å². The van der Waals surface area contributed by atoms with Crippen LogP contribution in [0.1, 0.15) is 11.6 Å². The average molecular weight is 202 g/mol. The molecule has 0 saturated heterocycles. The Morgan fingerprint density at radius 1 is 1.67 bits per heavy atom. The van der Waals surface area contributed by atoms with Crippen molar-refractivity contribution in [2.45, 2.75) is 6.04 Å². The Labute approximate surface area is 90.0 Å². The van der Waals surface area contributed by atoms with Crippen LogP contribution in [0.5, 0.6) is 5.75 Å². The van der Waals surface area contributed by atoms with E-state index in [2.05, 4.69) is 18.0 Å². The molecule has 1 aromatic carbocycles. The van der Waals surface area contributed by atoms with Crippen LogP contribution >= 0.6 is 0 Å². The predicted molar refractivity (Wildman–Crippen MR) is 59.5 cm³/mol. The molecule has 0 spiro atoms. The van der Waals surface area contributed by atoms with E-state index >= 15 is 0 Å². The molecule has 0 amide bonds. The molecule has 1 rings (SSSR count). The van der Waals surface area contributed by atoms with E-state index in [1.54, 1.807) is 13.2 Å². The van der Waals surface area contributed by atoms with Gasteiger partial charge in [0.05, 0.1) is 13.2 Å². The van der Waals surface area contributed by atoms with Gasteiger partial charge in [-0.15, -0.1) is 6.58 Å². The fourth-order valence-corrected chi connectivity index (χ4v) is 1.26. The Morgan fingerprint density at radius 2 is 2.47 bits per heavy atom. The third-order valence-corrected chi connectivity index (χ3v) is 2.02. The number of nitrogens with zero attached hydrogens (tertiary/aromatic N) is 1. The fourth-order valence-electron chi connectivity index (χ4n) is 1.26. The van der Waals surface area contributed by atoms with Crippen LogP contribution in [-0.2, 0) is 0 Å². The van der Waals surface area contributed by atoms with E-state index in [0.29, 0.717) is 6.54 Å². The lowest BCUT2D eigenvalue weighted by atomic mass is 10.1. The second-order valence-corrected chi connectivity index (χ2v) is 3.04. The molecule has 1 atom stereocenters. The molecule has 0 aliphatic carbocycles. The molecule has 0 heterocycles. The van der Waals surface area contributed by atoms with Gasteiger partial charge in [-0.25, -0.2) is 0 Å². The highest BCUT2D eigenvalue weighted by Gasteiger charge is 2.08. The van der Waals surface area contributed by atoms with Crippen LogP contribution in [0.3, 0.4) is 0 Å². The highest BCUT2D eigenvalue weighted by Crippen LogP contribution is 2.18. The van der Waals surface area contributed by atoms with Crippen LogP contribution < -0.4 is 10.1 Å². The molecule has 1 unspecified atom stereocenters. The predicted octanol–water partition coefficient (Wildman–Crippen LogP) is 2.04. The van der Waals surface area contributed by atoms with E-state index in [0.717, 1.165) is 11.3 Å². The lowest BCUT2D eigenvalue weighted by Crippen LogP contribution is -2.19.